The summed E-state index contributed by atoms with van der Waals surface area (Å²) in [6.07, 6.45) is 1.22. The maximum absolute atomic E-state index is 5.56. The molecule has 2 rings (SSSR count). The smallest absolute Gasteiger partial charge is 0.104 e. The predicted octanol–water partition coefficient (Wildman–Crippen LogP) is 1.32. The first-order chi connectivity index (χ1) is 5.42. The van der Waals surface area contributed by atoms with Gasteiger partial charge >= 0.3 is 0 Å². The summed E-state index contributed by atoms with van der Waals surface area (Å²) in [6.45, 7) is 1.43. The van der Waals surface area contributed by atoms with E-state index in [0.29, 0.717) is 6.54 Å². The average Bonchev–Trinajstić information content (AvgIpc) is 2.50. The fourth-order valence-electron chi connectivity index (χ4n) is 1.40. The molecule has 0 unspecified atom stereocenters. The van der Waals surface area contributed by atoms with Gasteiger partial charge in [0, 0.05) is 11.4 Å². The van der Waals surface area contributed by atoms with Gasteiger partial charge in [-0.05, 0) is 23.4 Å². The highest BCUT2D eigenvalue weighted by atomic mass is 32.1. The van der Waals surface area contributed by atoms with Gasteiger partial charge in [0.15, 0.2) is 0 Å². The molecule has 1 aliphatic heterocycles. The van der Waals surface area contributed by atoms with Crippen LogP contribution < -0.4 is 5.73 Å². The lowest BCUT2D eigenvalue weighted by Crippen LogP contribution is -2.21. The van der Waals surface area contributed by atoms with Gasteiger partial charge in [-0.25, -0.2) is 0 Å². The molecule has 3 heteroatoms. The molecule has 1 aromatic heterocycles. The molecule has 0 bridgehead atoms. The summed E-state index contributed by atoms with van der Waals surface area (Å²) < 4.78 is 5.50. The predicted molar refractivity (Wildman–Crippen MR) is 45.8 cm³/mol. The van der Waals surface area contributed by atoms with Gasteiger partial charge in [-0.1, -0.05) is 0 Å². The van der Waals surface area contributed by atoms with E-state index in [-0.39, 0.29) is 6.10 Å². The van der Waals surface area contributed by atoms with Gasteiger partial charge in [0.05, 0.1) is 6.61 Å². The van der Waals surface area contributed by atoms with Crippen LogP contribution in [0.3, 0.4) is 0 Å². The van der Waals surface area contributed by atoms with Crippen molar-refractivity contribution >= 4 is 11.3 Å². The van der Waals surface area contributed by atoms with Crippen LogP contribution in [0.15, 0.2) is 11.4 Å². The molecule has 60 valence electrons. The van der Waals surface area contributed by atoms with Crippen LogP contribution in [0.4, 0.5) is 0 Å². The molecule has 1 atom stereocenters. The number of fused-ring (bicyclic) bond motifs is 1. The molecule has 2 N–H and O–H groups in total. The Labute approximate surface area is 70.0 Å². The Morgan fingerprint density at radius 2 is 2.64 bits per heavy atom. The van der Waals surface area contributed by atoms with Gasteiger partial charge < -0.3 is 10.5 Å². The summed E-state index contributed by atoms with van der Waals surface area (Å²) in [6, 6.07) is 2.17. The lowest BCUT2D eigenvalue weighted by molar-refractivity contribution is 0.0515. The summed E-state index contributed by atoms with van der Waals surface area (Å²) in [4.78, 5) is 1.33. The van der Waals surface area contributed by atoms with Gasteiger partial charge in [-0.15, -0.1) is 11.3 Å². The Balaban J connectivity index is 2.32. The average molecular weight is 169 g/mol. The fourth-order valence-corrected chi connectivity index (χ4v) is 2.41. The van der Waals surface area contributed by atoms with Gasteiger partial charge in [0.2, 0.25) is 0 Å². The SMILES string of the molecule is NC[C@@H]1OCCc2ccsc21. The number of thiophene rings is 1. The maximum Gasteiger partial charge on any atom is 0.104 e. The van der Waals surface area contributed by atoms with E-state index < -0.39 is 0 Å². The largest absolute Gasteiger partial charge is 0.371 e. The second-order valence-corrected chi connectivity index (χ2v) is 3.60. The first-order valence-electron chi connectivity index (χ1n) is 3.79. The summed E-state index contributed by atoms with van der Waals surface area (Å²) in [7, 11) is 0. The third kappa shape index (κ3) is 1.20. The highest BCUT2D eigenvalue weighted by molar-refractivity contribution is 7.10. The van der Waals surface area contributed by atoms with Crippen molar-refractivity contribution in [1.82, 2.24) is 0 Å². The van der Waals surface area contributed by atoms with E-state index in [2.05, 4.69) is 11.4 Å². The Bertz CT molecular complexity index is 246. The van der Waals surface area contributed by atoms with Crippen LogP contribution >= 0.6 is 11.3 Å². The van der Waals surface area contributed by atoms with Crippen molar-refractivity contribution in [2.75, 3.05) is 13.2 Å². The number of ether oxygens (including phenoxy) is 1. The lowest BCUT2D eigenvalue weighted by Gasteiger charge is -2.21. The normalized spacial score (nSPS) is 23.2. The molecule has 1 aliphatic rings. The molecule has 2 nitrogen and oxygen atoms in total. The molecule has 0 aromatic carbocycles. The zero-order valence-corrected chi connectivity index (χ0v) is 7.06. The van der Waals surface area contributed by atoms with Crippen LogP contribution in [0.25, 0.3) is 0 Å². The van der Waals surface area contributed by atoms with Crippen molar-refractivity contribution in [2.24, 2.45) is 5.73 Å². The Kier molecular flexibility index (Phi) is 1.94. The number of hydrogen-bond acceptors (Lipinski definition) is 3. The zero-order valence-electron chi connectivity index (χ0n) is 6.25. The molecular formula is C8H11NOS. The summed E-state index contributed by atoms with van der Waals surface area (Å²) in [5.74, 6) is 0. The Hall–Kier alpha value is -0.380. The van der Waals surface area contributed by atoms with Crippen LogP contribution in [0.1, 0.15) is 16.5 Å². The Morgan fingerprint density at radius 1 is 1.73 bits per heavy atom. The minimum absolute atomic E-state index is 0.166. The maximum atomic E-state index is 5.56. The molecule has 0 saturated carbocycles. The molecule has 2 heterocycles. The molecule has 0 saturated heterocycles. The highest BCUT2D eigenvalue weighted by Crippen LogP contribution is 2.30. The van der Waals surface area contributed by atoms with Crippen molar-refractivity contribution in [3.8, 4) is 0 Å². The molecule has 11 heavy (non-hydrogen) atoms. The first-order valence-corrected chi connectivity index (χ1v) is 4.67. The van der Waals surface area contributed by atoms with Crippen LogP contribution in [-0.2, 0) is 11.2 Å². The van der Waals surface area contributed by atoms with Crippen molar-refractivity contribution in [2.45, 2.75) is 12.5 Å². The van der Waals surface area contributed by atoms with E-state index in [1.165, 1.54) is 10.4 Å². The van der Waals surface area contributed by atoms with Gasteiger partial charge in [-0.3, -0.25) is 0 Å². The van der Waals surface area contributed by atoms with Gasteiger partial charge in [0.1, 0.15) is 6.10 Å². The van der Waals surface area contributed by atoms with Crippen molar-refractivity contribution in [1.29, 1.82) is 0 Å². The number of rotatable bonds is 1. The van der Waals surface area contributed by atoms with E-state index in [1.54, 1.807) is 11.3 Å². The molecular weight excluding hydrogens is 158 g/mol. The highest BCUT2D eigenvalue weighted by Gasteiger charge is 2.19. The molecule has 0 amide bonds. The second kappa shape index (κ2) is 2.93. The number of hydrogen-bond donors (Lipinski definition) is 1. The second-order valence-electron chi connectivity index (χ2n) is 2.66. The third-order valence-electron chi connectivity index (χ3n) is 1.98. The van der Waals surface area contributed by atoms with E-state index in [1.807, 2.05) is 0 Å². The quantitative estimate of drug-likeness (QED) is 0.688. The monoisotopic (exact) mass is 169 g/mol. The van der Waals surface area contributed by atoms with Crippen LogP contribution in [0, 0.1) is 0 Å². The molecule has 0 fully saturated rings. The molecule has 0 spiro atoms. The minimum Gasteiger partial charge on any atom is -0.371 e. The van der Waals surface area contributed by atoms with Crippen LogP contribution in [-0.4, -0.2) is 13.2 Å². The van der Waals surface area contributed by atoms with E-state index in [9.17, 15) is 0 Å². The van der Waals surface area contributed by atoms with E-state index in [0.717, 1.165) is 13.0 Å². The van der Waals surface area contributed by atoms with Crippen molar-refractivity contribution < 1.29 is 4.74 Å². The fraction of sp³-hybridized carbons (Fsp3) is 0.500. The minimum atomic E-state index is 0.166. The summed E-state index contributed by atoms with van der Waals surface area (Å²) in [5, 5.41) is 2.11. The molecule has 0 radical (unpaired) electrons. The Morgan fingerprint density at radius 3 is 3.45 bits per heavy atom. The van der Waals surface area contributed by atoms with Crippen LogP contribution in [0.2, 0.25) is 0 Å². The third-order valence-corrected chi connectivity index (χ3v) is 3.03. The van der Waals surface area contributed by atoms with Crippen LogP contribution in [0.5, 0.6) is 0 Å². The standard InChI is InChI=1S/C8H11NOS/c9-5-7-8-6(1-3-10-7)2-4-11-8/h2,4,7H,1,3,5,9H2/t7-/m0/s1. The summed E-state index contributed by atoms with van der Waals surface area (Å²) >= 11 is 1.75. The molecule has 0 aliphatic carbocycles. The zero-order chi connectivity index (χ0) is 7.68. The lowest BCUT2D eigenvalue weighted by atomic mass is 10.1. The summed E-state index contributed by atoms with van der Waals surface area (Å²) in [5.41, 5.74) is 6.99. The number of nitrogens with two attached hydrogens (primary N) is 1. The van der Waals surface area contributed by atoms with E-state index >= 15 is 0 Å². The topological polar surface area (TPSA) is 35.2 Å². The van der Waals surface area contributed by atoms with Crippen molar-refractivity contribution in [3.05, 3.63) is 21.9 Å². The van der Waals surface area contributed by atoms with Crippen molar-refractivity contribution in [3.63, 3.8) is 0 Å². The first kappa shape index (κ1) is 7.28. The molecule has 1 aromatic rings. The van der Waals surface area contributed by atoms with Gasteiger partial charge in [-0.2, -0.15) is 0 Å². The van der Waals surface area contributed by atoms with E-state index in [4.69, 9.17) is 10.5 Å². The van der Waals surface area contributed by atoms with Gasteiger partial charge in [0.25, 0.3) is 0 Å².